The van der Waals surface area contributed by atoms with Crippen molar-refractivity contribution in [2.45, 2.75) is 19.6 Å². The van der Waals surface area contributed by atoms with E-state index < -0.39 is 6.10 Å². The van der Waals surface area contributed by atoms with Crippen molar-refractivity contribution in [2.24, 2.45) is 0 Å². The van der Waals surface area contributed by atoms with Gasteiger partial charge in [-0.2, -0.15) is 5.10 Å². The maximum Gasteiger partial charge on any atom is 0.270 e. The SMILES string of the molecule is CC(Oc1ccc(-c2ccccc2)c(F)c1)c1ccn(C(=O)C=Cc2ccc(OCc3ccccc3)cc2)n1. The molecular weight excluding hydrogens is 491 g/mol. The van der Waals surface area contributed by atoms with Crippen molar-refractivity contribution >= 4 is 12.0 Å². The number of hydrogen-bond acceptors (Lipinski definition) is 4. The average molecular weight is 519 g/mol. The third-order valence-electron chi connectivity index (χ3n) is 6.14. The van der Waals surface area contributed by atoms with Crippen LogP contribution < -0.4 is 9.47 Å². The van der Waals surface area contributed by atoms with Gasteiger partial charge in [0.05, 0.1) is 0 Å². The zero-order valence-electron chi connectivity index (χ0n) is 21.4. The molecule has 39 heavy (non-hydrogen) atoms. The maximum absolute atomic E-state index is 14.7. The van der Waals surface area contributed by atoms with Gasteiger partial charge in [-0.05, 0) is 60.0 Å². The summed E-state index contributed by atoms with van der Waals surface area (Å²) in [6.07, 6.45) is 4.29. The van der Waals surface area contributed by atoms with Crippen LogP contribution in [0.3, 0.4) is 0 Å². The van der Waals surface area contributed by atoms with Gasteiger partial charge in [0.15, 0.2) is 0 Å². The van der Waals surface area contributed by atoms with Crippen molar-refractivity contribution in [1.29, 1.82) is 0 Å². The molecule has 1 heterocycles. The molecule has 0 spiro atoms. The predicted molar refractivity (Wildman–Crippen MR) is 150 cm³/mol. The highest BCUT2D eigenvalue weighted by molar-refractivity contribution is 5.93. The van der Waals surface area contributed by atoms with Crippen LogP contribution in [0.1, 0.15) is 34.6 Å². The number of hydrogen-bond donors (Lipinski definition) is 0. The molecule has 6 heteroatoms. The van der Waals surface area contributed by atoms with E-state index in [1.165, 1.54) is 16.8 Å². The lowest BCUT2D eigenvalue weighted by Gasteiger charge is -2.13. The van der Waals surface area contributed by atoms with Gasteiger partial charge in [-0.15, -0.1) is 0 Å². The summed E-state index contributed by atoms with van der Waals surface area (Å²) >= 11 is 0. The highest BCUT2D eigenvalue weighted by atomic mass is 19.1. The van der Waals surface area contributed by atoms with Crippen molar-refractivity contribution in [3.8, 4) is 22.6 Å². The number of aromatic nitrogens is 2. The lowest BCUT2D eigenvalue weighted by molar-refractivity contribution is 0.0953. The minimum atomic E-state index is -0.478. The molecule has 1 aromatic heterocycles. The van der Waals surface area contributed by atoms with Gasteiger partial charge in [-0.25, -0.2) is 9.07 Å². The molecule has 1 atom stereocenters. The van der Waals surface area contributed by atoms with Gasteiger partial charge in [0, 0.05) is 23.9 Å². The summed E-state index contributed by atoms with van der Waals surface area (Å²) in [6.45, 7) is 2.30. The van der Waals surface area contributed by atoms with Gasteiger partial charge in [0.1, 0.15) is 35.7 Å². The van der Waals surface area contributed by atoms with Crippen LogP contribution in [0.5, 0.6) is 11.5 Å². The van der Waals surface area contributed by atoms with Gasteiger partial charge in [-0.3, -0.25) is 4.79 Å². The van der Waals surface area contributed by atoms with Gasteiger partial charge in [-0.1, -0.05) is 72.8 Å². The lowest BCUT2D eigenvalue weighted by atomic mass is 10.1. The topological polar surface area (TPSA) is 53.4 Å². The van der Waals surface area contributed by atoms with Crippen LogP contribution in [-0.4, -0.2) is 15.7 Å². The summed E-state index contributed by atoms with van der Waals surface area (Å²) < 4.78 is 27.6. The fraction of sp³-hybridized carbons (Fsp3) is 0.0909. The predicted octanol–water partition coefficient (Wildman–Crippen LogP) is 7.76. The number of carbonyl (C=O) groups excluding carboxylic acids is 1. The molecule has 0 N–H and O–H groups in total. The second-order valence-electron chi connectivity index (χ2n) is 8.97. The fourth-order valence-corrected chi connectivity index (χ4v) is 4.02. The molecule has 0 saturated heterocycles. The van der Waals surface area contributed by atoms with Gasteiger partial charge >= 0.3 is 0 Å². The number of nitrogens with zero attached hydrogens (tertiary/aromatic N) is 2. The number of rotatable bonds is 9. The third-order valence-corrected chi connectivity index (χ3v) is 6.14. The van der Waals surface area contributed by atoms with Crippen molar-refractivity contribution in [2.75, 3.05) is 0 Å². The Hall–Kier alpha value is -4.97. The van der Waals surface area contributed by atoms with Crippen molar-refractivity contribution < 1.29 is 18.7 Å². The Kier molecular flexibility index (Phi) is 7.93. The zero-order valence-corrected chi connectivity index (χ0v) is 21.4. The molecule has 0 saturated carbocycles. The maximum atomic E-state index is 14.7. The Labute approximate surface area is 226 Å². The number of halogens is 1. The zero-order chi connectivity index (χ0) is 27.0. The van der Waals surface area contributed by atoms with Crippen LogP contribution in [-0.2, 0) is 6.61 Å². The monoisotopic (exact) mass is 518 g/mol. The third kappa shape index (κ3) is 6.67. The molecular formula is C33H27FN2O3. The molecule has 0 bridgehead atoms. The van der Waals surface area contributed by atoms with Crippen LogP contribution in [0.4, 0.5) is 4.39 Å². The highest BCUT2D eigenvalue weighted by Gasteiger charge is 2.14. The van der Waals surface area contributed by atoms with E-state index in [4.69, 9.17) is 9.47 Å². The standard InChI is InChI=1S/C33H27FN2O3/c1-24(39-29-17-18-30(31(34)22-29)27-10-6-3-7-11-27)32-20-21-36(35-32)33(37)19-14-25-12-15-28(16-13-25)38-23-26-8-4-2-5-9-26/h2-22,24H,23H2,1H3. The first-order valence-electron chi connectivity index (χ1n) is 12.6. The molecule has 4 aromatic carbocycles. The molecule has 0 radical (unpaired) electrons. The van der Waals surface area contributed by atoms with E-state index in [1.54, 1.807) is 37.4 Å². The molecule has 0 aliphatic carbocycles. The second kappa shape index (κ2) is 12.0. The minimum absolute atomic E-state index is 0.295. The number of ether oxygens (including phenoxy) is 2. The summed E-state index contributed by atoms with van der Waals surface area (Å²) in [4.78, 5) is 12.7. The molecule has 0 aliphatic heterocycles. The van der Waals surface area contributed by atoms with Crippen LogP contribution in [0.2, 0.25) is 0 Å². The summed E-state index contributed by atoms with van der Waals surface area (Å²) in [6, 6.07) is 33.3. The molecule has 5 rings (SSSR count). The Balaban J connectivity index is 1.16. The summed E-state index contributed by atoms with van der Waals surface area (Å²) in [7, 11) is 0. The molecule has 5 nitrogen and oxygen atoms in total. The van der Waals surface area contributed by atoms with Crippen LogP contribution in [0.25, 0.3) is 17.2 Å². The largest absolute Gasteiger partial charge is 0.489 e. The fourth-order valence-electron chi connectivity index (χ4n) is 4.02. The van der Waals surface area contributed by atoms with Crippen LogP contribution in [0, 0.1) is 5.82 Å². The van der Waals surface area contributed by atoms with Gasteiger partial charge < -0.3 is 9.47 Å². The summed E-state index contributed by atoms with van der Waals surface area (Å²) in [5.41, 5.74) is 3.82. The van der Waals surface area contributed by atoms with Crippen molar-refractivity contribution in [3.63, 3.8) is 0 Å². The molecule has 5 aromatic rings. The van der Waals surface area contributed by atoms with Crippen molar-refractivity contribution in [3.05, 3.63) is 144 Å². The number of carbonyl (C=O) groups is 1. The van der Waals surface area contributed by atoms with E-state index in [0.29, 0.717) is 23.6 Å². The Morgan fingerprint density at radius 1 is 0.897 bits per heavy atom. The van der Waals surface area contributed by atoms with E-state index >= 15 is 0 Å². The quantitative estimate of drug-likeness (QED) is 0.187. The van der Waals surface area contributed by atoms with Crippen LogP contribution >= 0.6 is 0 Å². The Morgan fingerprint density at radius 3 is 2.31 bits per heavy atom. The van der Waals surface area contributed by atoms with Crippen LogP contribution in [0.15, 0.2) is 121 Å². The summed E-state index contributed by atoms with van der Waals surface area (Å²) in [5, 5.41) is 4.35. The van der Waals surface area contributed by atoms with Gasteiger partial charge in [0.2, 0.25) is 0 Å². The summed E-state index contributed by atoms with van der Waals surface area (Å²) in [5.74, 6) is 0.475. The Bertz CT molecular complexity index is 1560. The van der Waals surface area contributed by atoms with E-state index in [0.717, 1.165) is 22.4 Å². The van der Waals surface area contributed by atoms with E-state index in [2.05, 4.69) is 5.10 Å². The normalized spacial score (nSPS) is 11.8. The van der Waals surface area contributed by atoms with E-state index in [1.807, 2.05) is 84.9 Å². The van der Waals surface area contributed by atoms with Gasteiger partial charge in [0.25, 0.3) is 5.91 Å². The smallest absolute Gasteiger partial charge is 0.270 e. The van der Waals surface area contributed by atoms with E-state index in [9.17, 15) is 9.18 Å². The first-order valence-corrected chi connectivity index (χ1v) is 12.6. The minimum Gasteiger partial charge on any atom is -0.489 e. The Morgan fingerprint density at radius 2 is 1.59 bits per heavy atom. The molecule has 0 fully saturated rings. The average Bonchev–Trinajstić information content (AvgIpc) is 3.47. The number of allylic oxidation sites excluding steroid dienone is 1. The molecule has 0 amide bonds. The van der Waals surface area contributed by atoms with Crippen molar-refractivity contribution in [1.82, 2.24) is 9.78 Å². The molecule has 1 unspecified atom stereocenters. The highest BCUT2D eigenvalue weighted by Crippen LogP contribution is 2.28. The molecule has 0 aliphatic rings. The lowest BCUT2D eigenvalue weighted by Crippen LogP contribution is -2.10. The first kappa shape index (κ1) is 25.7. The second-order valence-corrected chi connectivity index (χ2v) is 8.97. The molecule has 194 valence electrons. The first-order chi connectivity index (χ1) is 19.0. The van der Waals surface area contributed by atoms with E-state index in [-0.39, 0.29) is 11.7 Å². The number of benzene rings is 4.